The monoisotopic (exact) mass is 606 g/mol. The summed E-state index contributed by atoms with van der Waals surface area (Å²) in [7, 11) is 1.55. The summed E-state index contributed by atoms with van der Waals surface area (Å²) in [6, 6.07) is 25.5. The molecule has 0 spiro atoms. The van der Waals surface area contributed by atoms with Crippen molar-refractivity contribution in [3.8, 4) is 17.1 Å². The minimum Gasteiger partial charge on any atom is -0.497 e. The summed E-state index contributed by atoms with van der Waals surface area (Å²) in [5, 5.41) is 9.35. The zero-order valence-electron chi connectivity index (χ0n) is 23.7. The second-order valence-electron chi connectivity index (χ2n) is 9.80. The number of aromatic nitrogens is 1. The summed E-state index contributed by atoms with van der Waals surface area (Å²) in [6.07, 6.45) is 1.62. The van der Waals surface area contributed by atoms with Crippen LogP contribution in [0.5, 0.6) is 5.75 Å². The van der Waals surface area contributed by atoms with Crippen LogP contribution in [0.4, 0.5) is 0 Å². The minimum atomic E-state index is -1.04. The van der Waals surface area contributed by atoms with Crippen LogP contribution in [-0.2, 0) is 9.53 Å². The summed E-state index contributed by atoms with van der Waals surface area (Å²) >= 11 is 1.18. The Morgan fingerprint density at radius 1 is 1.00 bits per heavy atom. The van der Waals surface area contributed by atoms with Crippen molar-refractivity contribution in [2.24, 2.45) is 4.99 Å². The molecular formula is C34H26N2O7S. The van der Waals surface area contributed by atoms with Crippen LogP contribution in [-0.4, -0.2) is 35.3 Å². The number of carboxylic acid groups (broad SMARTS) is 1. The van der Waals surface area contributed by atoms with Crippen molar-refractivity contribution in [3.63, 3.8) is 0 Å². The van der Waals surface area contributed by atoms with Gasteiger partial charge in [0.15, 0.2) is 4.80 Å². The van der Waals surface area contributed by atoms with Gasteiger partial charge >= 0.3 is 11.9 Å². The van der Waals surface area contributed by atoms with Crippen molar-refractivity contribution in [1.29, 1.82) is 0 Å². The zero-order valence-corrected chi connectivity index (χ0v) is 24.5. The number of thiazole rings is 1. The number of benzene rings is 3. The molecule has 6 rings (SSSR count). The average Bonchev–Trinajstić information content (AvgIpc) is 3.64. The maximum absolute atomic E-state index is 14.1. The number of methoxy groups -OCH3 is 1. The van der Waals surface area contributed by atoms with Crippen LogP contribution in [0.15, 0.2) is 111 Å². The molecular weight excluding hydrogens is 580 g/mol. The molecule has 44 heavy (non-hydrogen) atoms. The molecule has 3 heterocycles. The van der Waals surface area contributed by atoms with Crippen LogP contribution in [0.3, 0.4) is 0 Å². The Morgan fingerprint density at radius 3 is 2.52 bits per heavy atom. The molecule has 2 aromatic heterocycles. The lowest BCUT2D eigenvalue weighted by atomic mass is 9.93. The van der Waals surface area contributed by atoms with Crippen molar-refractivity contribution >= 4 is 35.0 Å². The molecule has 3 aromatic carbocycles. The Morgan fingerprint density at radius 2 is 1.77 bits per heavy atom. The molecule has 1 aliphatic heterocycles. The van der Waals surface area contributed by atoms with E-state index in [0.717, 1.165) is 0 Å². The van der Waals surface area contributed by atoms with Crippen LogP contribution < -0.4 is 19.6 Å². The predicted molar refractivity (Wildman–Crippen MR) is 165 cm³/mol. The molecule has 0 saturated carbocycles. The molecule has 10 heteroatoms. The molecule has 0 bridgehead atoms. The van der Waals surface area contributed by atoms with Crippen molar-refractivity contribution in [1.82, 2.24) is 4.57 Å². The lowest BCUT2D eigenvalue weighted by Gasteiger charge is -2.26. The standard InChI is InChI=1S/C34H26N2O7S/c1-3-42-33(40)28-29(20-9-5-4-6-10-20)35-34-36(30(28)22-12-8-14-24(18-22)41-2)31(37)27(44-34)19-25-15-16-26(43-25)21-11-7-13-23(17-21)32(38)39/h4-19,30H,3H2,1-2H3,(H,38,39)/b27-19+/t30-/m0/s1. The van der Waals surface area contributed by atoms with Gasteiger partial charge in [-0.2, -0.15) is 0 Å². The number of aromatic carboxylic acids is 1. The molecule has 9 nitrogen and oxygen atoms in total. The largest absolute Gasteiger partial charge is 0.497 e. The van der Waals surface area contributed by atoms with E-state index in [9.17, 15) is 19.5 Å². The fourth-order valence-electron chi connectivity index (χ4n) is 5.09. The molecule has 0 radical (unpaired) electrons. The van der Waals surface area contributed by atoms with E-state index < -0.39 is 18.0 Å². The fourth-order valence-corrected chi connectivity index (χ4v) is 6.07. The highest BCUT2D eigenvalue weighted by atomic mass is 32.1. The Kier molecular flexibility index (Phi) is 7.82. The van der Waals surface area contributed by atoms with Gasteiger partial charge in [0, 0.05) is 17.2 Å². The summed E-state index contributed by atoms with van der Waals surface area (Å²) in [6.45, 7) is 1.88. The molecule has 0 unspecified atom stereocenters. The molecule has 5 aromatic rings. The zero-order chi connectivity index (χ0) is 30.8. The highest BCUT2D eigenvalue weighted by Crippen LogP contribution is 2.36. The Labute approximate surface area is 255 Å². The third-order valence-corrected chi connectivity index (χ3v) is 8.06. The van der Waals surface area contributed by atoms with Crippen LogP contribution in [0.25, 0.3) is 23.1 Å². The highest BCUT2D eigenvalue weighted by Gasteiger charge is 2.35. The molecule has 220 valence electrons. The van der Waals surface area contributed by atoms with Gasteiger partial charge in [-0.15, -0.1) is 0 Å². The number of ether oxygens (including phenoxy) is 2. The van der Waals surface area contributed by atoms with Crippen LogP contribution in [0, 0.1) is 0 Å². The van der Waals surface area contributed by atoms with Crippen molar-refractivity contribution < 1.29 is 28.6 Å². The number of rotatable bonds is 8. The van der Waals surface area contributed by atoms with E-state index in [4.69, 9.17) is 18.9 Å². The first-order chi connectivity index (χ1) is 21.4. The first-order valence-electron chi connectivity index (χ1n) is 13.7. The van der Waals surface area contributed by atoms with Crippen LogP contribution >= 0.6 is 11.3 Å². The van der Waals surface area contributed by atoms with E-state index in [-0.39, 0.29) is 23.3 Å². The molecule has 1 aliphatic rings. The van der Waals surface area contributed by atoms with E-state index in [1.165, 1.54) is 28.0 Å². The Bertz CT molecular complexity index is 2100. The van der Waals surface area contributed by atoms with Gasteiger partial charge in [0.05, 0.1) is 41.1 Å². The first kappa shape index (κ1) is 28.6. The number of esters is 1. The average molecular weight is 607 g/mol. The number of carboxylic acids is 1. The number of fused-ring (bicyclic) bond motifs is 1. The number of nitrogens with zero attached hydrogens (tertiary/aromatic N) is 2. The third-order valence-electron chi connectivity index (χ3n) is 7.08. The second-order valence-corrected chi connectivity index (χ2v) is 10.8. The van der Waals surface area contributed by atoms with Gasteiger partial charge in [-0.25, -0.2) is 14.6 Å². The second kappa shape index (κ2) is 12.0. The lowest BCUT2D eigenvalue weighted by molar-refractivity contribution is -0.138. The number of furan rings is 1. The maximum Gasteiger partial charge on any atom is 0.338 e. The van der Waals surface area contributed by atoms with Gasteiger partial charge < -0.3 is 19.0 Å². The van der Waals surface area contributed by atoms with E-state index in [1.54, 1.807) is 62.6 Å². The quantitative estimate of drug-likeness (QED) is 0.250. The van der Waals surface area contributed by atoms with Gasteiger partial charge in [0.25, 0.3) is 5.56 Å². The normalized spacial score (nSPS) is 14.6. The van der Waals surface area contributed by atoms with E-state index in [0.29, 0.717) is 49.0 Å². The fraction of sp³-hybridized carbons (Fsp3) is 0.118. The molecule has 1 N–H and O–H groups in total. The smallest absolute Gasteiger partial charge is 0.338 e. The summed E-state index contributed by atoms with van der Waals surface area (Å²) in [4.78, 5) is 44.4. The summed E-state index contributed by atoms with van der Waals surface area (Å²) < 4.78 is 18.8. The van der Waals surface area contributed by atoms with Gasteiger partial charge in [-0.3, -0.25) is 9.36 Å². The molecule has 0 amide bonds. The maximum atomic E-state index is 14.1. The molecule has 0 saturated heterocycles. The van der Waals surface area contributed by atoms with Crippen molar-refractivity contribution in [2.75, 3.05) is 13.7 Å². The topological polar surface area (TPSA) is 120 Å². The third kappa shape index (κ3) is 5.38. The number of carbonyl (C=O) groups is 2. The number of carbonyl (C=O) groups excluding carboxylic acids is 1. The summed E-state index contributed by atoms with van der Waals surface area (Å²) in [5.74, 6) is -0.186. The van der Waals surface area contributed by atoms with Crippen molar-refractivity contribution in [3.05, 3.63) is 139 Å². The SMILES string of the molecule is CCOC(=O)C1=C(c2ccccc2)N=c2s/c(=C/c3ccc(-c4cccc(C(=O)O)c4)o3)c(=O)n2[C@H]1c1cccc(OC)c1. The van der Waals surface area contributed by atoms with E-state index >= 15 is 0 Å². The highest BCUT2D eigenvalue weighted by molar-refractivity contribution is 7.07. The lowest BCUT2D eigenvalue weighted by Crippen LogP contribution is -2.40. The molecule has 0 fully saturated rings. The molecule has 0 aliphatic carbocycles. The number of hydrogen-bond donors (Lipinski definition) is 1. The van der Waals surface area contributed by atoms with Crippen molar-refractivity contribution in [2.45, 2.75) is 13.0 Å². The van der Waals surface area contributed by atoms with Crippen LogP contribution in [0.1, 0.15) is 40.2 Å². The Hall–Kier alpha value is -5.48. The summed E-state index contributed by atoms with van der Waals surface area (Å²) in [5.41, 5.74) is 2.39. The van der Waals surface area contributed by atoms with Gasteiger partial charge in [-0.1, -0.05) is 65.9 Å². The first-order valence-corrected chi connectivity index (χ1v) is 14.6. The Balaban J connectivity index is 1.55. The van der Waals surface area contributed by atoms with Crippen LogP contribution in [0.2, 0.25) is 0 Å². The molecule has 1 atom stereocenters. The van der Waals surface area contributed by atoms with E-state index in [2.05, 4.69) is 0 Å². The van der Waals surface area contributed by atoms with E-state index in [1.807, 2.05) is 36.4 Å². The van der Waals surface area contributed by atoms with Gasteiger partial charge in [0.2, 0.25) is 0 Å². The van der Waals surface area contributed by atoms with Gasteiger partial charge in [-0.05, 0) is 48.9 Å². The van der Waals surface area contributed by atoms with Gasteiger partial charge in [0.1, 0.15) is 17.3 Å². The predicted octanol–water partition coefficient (Wildman–Crippen LogP) is 4.90. The number of hydrogen-bond acceptors (Lipinski definition) is 8. The minimum absolute atomic E-state index is 0.137.